The molecule has 0 spiro atoms. The molecule has 2 rings (SSSR count). The first-order chi connectivity index (χ1) is 8.15. The maximum Gasteiger partial charge on any atom is 0.159 e. The molecule has 0 unspecified atom stereocenters. The molecule has 0 saturated heterocycles. The Hall–Kier alpha value is -1.17. The highest BCUT2D eigenvalue weighted by atomic mass is 127. The van der Waals surface area contributed by atoms with Gasteiger partial charge in [-0.15, -0.1) is 0 Å². The van der Waals surface area contributed by atoms with Crippen LogP contribution < -0.4 is 4.74 Å². The van der Waals surface area contributed by atoms with Crippen LogP contribution in [0.4, 0.5) is 8.78 Å². The Balaban J connectivity index is 2.02. The number of benzene rings is 2. The van der Waals surface area contributed by atoms with Crippen molar-refractivity contribution in [3.8, 4) is 5.75 Å². The summed E-state index contributed by atoms with van der Waals surface area (Å²) in [5, 5.41) is 0. The van der Waals surface area contributed by atoms with Gasteiger partial charge in [0.15, 0.2) is 11.6 Å². The molecule has 4 heteroatoms. The van der Waals surface area contributed by atoms with Crippen LogP contribution in [-0.4, -0.2) is 0 Å². The normalized spacial score (nSPS) is 10.3. The predicted molar refractivity (Wildman–Crippen MR) is 69.8 cm³/mol. The second-order valence-electron chi connectivity index (χ2n) is 3.49. The summed E-state index contributed by atoms with van der Waals surface area (Å²) in [7, 11) is 0. The Bertz CT molecular complexity index is 511. The van der Waals surface area contributed by atoms with Crippen molar-refractivity contribution in [1.82, 2.24) is 0 Å². The number of halogens is 3. The summed E-state index contributed by atoms with van der Waals surface area (Å²) < 4.78 is 32.2. The third-order valence-electron chi connectivity index (χ3n) is 2.20. The third kappa shape index (κ3) is 3.39. The Morgan fingerprint density at radius 1 is 0.941 bits per heavy atom. The summed E-state index contributed by atoms with van der Waals surface area (Å²) in [6.07, 6.45) is 0. The first-order valence-electron chi connectivity index (χ1n) is 4.97. The van der Waals surface area contributed by atoms with Crippen LogP contribution in [0.2, 0.25) is 0 Å². The highest BCUT2D eigenvalue weighted by Crippen LogP contribution is 2.16. The number of rotatable bonds is 3. The maximum atomic E-state index is 12.9. The van der Waals surface area contributed by atoms with Gasteiger partial charge in [0.05, 0.1) is 0 Å². The van der Waals surface area contributed by atoms with Crippen molar-refractivity contribution in [2.24, 2.45) is 0 Å². The Morgan fingerprint density at radius 2 is 1.65 bits per heavy atom. The summed E-state index contributed by atoms with van der Waals surface area (Å²) in [6, 6.07) is 11.3. The molecule has 0 aromatic heterocycles. The summed E-state index contributed by atoms with van der Waals surface area (Å²) >= 11 is 2.20. The van der Waals surface area contributed by atoms with Gasteiger partial charge in [-0.3, -0.25) is 0 Å². The van der Waals surface area contributed by atoms with Crippen LogP contribution in [0.15, 0.2) is 42.5 Å². The van der Waals surface area contributed by atoms with Crippen molar-refractivity contribution in [1.29, 1.82) is 0 Å². The zero-order valence-corrected chi connectivity index (χ0v) is 10.9. The Kier molecular flexibility index (Phi) is 3.93. The van der Waals surface area contributed by atoms with E-state index < -0.39 is 11.6 Å². The summed E-state index contributed by atoms with van der Waals surface area (Å²) in [5.74, 6) is -0.994. The standard InChI is InChI=1S/C13H9F2IO/c14-12-6-1-9(7-13(12)15)8-17-11-4-2-10(16)3-5-11/h1-7H,8H2. The van der Waals surface area contributed by atoms with Gasteiger partial charge >= 0.3 is 0 Å². The van der Waals surface area contributed by atoms with Crippen molar-refractivity contribution in [2.75, 3.05) is 0 Å². The highest BCUT2D eigenvalue weighted by molar-refractivity contribution is 14.1. The third-order valence-corrected chi connectivity index (χ3v) is 2.92. The van der Waals surface area contributed by atoms with Gasteiger partial charge in [0, 0.05) is 3.57 Å². The van der Waals surface area contributed by atoms with Crippen molar-refractivity contribution in [3.05, 3.63) is 63.2 Å². The molecule has 0 aliphatic carbocycles. The molecule has 0 heterocycles. The van der Waals surface area contributed by atoms with Crippen LogP contribution >= 0.6 is 22.6 Å². The lowest BCUT2D eigenvalue weighted by molar-refractivity contribution is 0.305. The van der Waals surface area contributed by atoms with Gasteiger partial charge in [0.2, 0.25) is 0 Å². The van der Waals surface area contributed by atoms with Gasteiger partial charge in [-0.25, -0.2) is 8.78 Å². The molecule has 0 aliphatic heterocycles. The smallest absolute Gasteiger partial charge is 0.159 e. The van der Waals surface area contributed by atoms with Crippen molar-refractivity contribution in [3.63, 3.8) is 0 Å². The first-order valence-corrected chi connectivity index (χ1v) is 6.05. The predicted octanol–water partition coefficient (Wildman–Crippen LogP) is 4.15. The van der Waals surface area contributed by atoms with Crippen LogP contribution in [0.1, 0.15) is 5.56 Å². The molecular formula is C13H9F2IO. The Labute approximate surface area is 112 Å². The van der Waals surface area contributed by atoms with E-state index in [0.29, 0.717) is 11.3 Å². The van der Waals surface area contributed by atoms with Gasteiger partial charge < -0.3 is 4.74 Å². The van der Waals surface area contributed by atoms with Gasteiger partial charge in [-0.05, 0) is 64.6 Å². The minimum Gasteiger partial charge on any atom is -0.489 e. The minimum atomic E-state index is -0.853. The monoisotopic (exact) mass is 346 g/mol. The van der Waals surface area contributed by atoms with Crippen LogP contribution in [0.5, 0.6) is 5.75 Å². The molecule has 2 aromatic rings. The second kappa shape index (κ2) is 5.44. The van der Waals surface area contributed by atoms with E-state index in [4.69, 9.17) is 4.74 Å². The minimum absolute atomic E-state index is 0.220. The van der Waals surface area contributed by atoms with Gasteiger partial charge in [-0.1, -0.05) is 6.07 Å². The summed E-state index contributed by atoms with van der Waals surface area (Å²) in [5.41, 5.74) is 0.599. The molecule has 1 nitrogen and oxygen atoms in total. The zero-order valence-electron chi connectivity index (χ0n) is 8.79. The van der Waals surface area contributed by atoms with Gasteiger partial charge in [0.25, 0.3) is 0 Å². The van der Waals surface area contributed by atoms with E-state index in [2.05, 4.69) is 22.6 Å². The molecule has 0 bridgehead atoms. The SMILES string of the molecule is Fc1ccc(COc2ccc(I)cc2)cc1F. The lowest BCUT2D eigenvalue weighted by atomic mass is 10.2. The molecule has 17 heavy (non-hydrogen) atoms. The fourth-order valence-electron chi connectivity index (χ4n) is 1.33. The fourth-order valence-corrected chi connectivity index (χ4v) is 1.69. The molecule has 88 valence electrons. The number of ether oxygens (including phenoxy) is 1. The first kappa shape index (κ1) is 12.3. The van der Waals surface area contributed by atoms with E-state index in [1.165, 1.54) is 6.07 Å². The molecule has 2 aromatic carbocycles. The molecular weight excluding hydrogens is 337 g/mol. The lowest BCUT2D eigenvalue weighted by Gasteiger charge is -2.06. The van der Waals surface area contributed by atoms with E-state index in [0.717, 1.165) is 15.7 Å². The molecule has 0 radical (unpaired) electrons. The van der Waals surface area contributed by atoms with E-state index in [1.807, 2.05) is 24.3 Å². The highest BCUT2D eigenvalue weighted by Gasteiger charge is 2.03. The van der Waals surface area contributed by atoms with Crippen LogP contribution in [0.3, 0.4) is 0 Å². The van der Waals surface area contributed by atoms with Crippen molar-refractivity contribution < 1.29 is 13.5 Å². The van der Waals surface area contributed by atoms with Crippen LogP contribution in [0.25, 0.3) is 0 Å². The largest absolute Gasteiger partial charge is 0.489 e. The number of hydrogen-bond acceptors (Lipinski definition) is 1. The fraction of sp³-hybridized carbons (Fsp3) is 0.0769. The molecule has 0 aliphatic rings. The second-order valence-corrected chi connectivity index (χ2v) is 4.74. The summed E-state index contributed by atoms with van der Waals surface area (Å²) in [6.45, 7) is 0.220. The van der Waals surface area contributed by atoms with E-state index in [-0.39, 0.29) is 6.61 Å². The molecule has 0 amide bonds. The molecule has 0 fully saturated rings. The van der Waals surface area contributed by atoms with Crippen LogP contribution in [-0.2, 0) is 6.61 Å². The van der Waals surface area contributed by atoms with Crippen LogP contribution in [0, 0.1) is 15.2 Å². The zero-order chi connectivity index (χ0) is 12.3. The van der Waals surface area contributed by atoms with Gasteiger partial charge in [-0.2, -0.15) is 0 Å². The maximum absolute atomic E-state index is 12.9. The molecule has 0 N–H and O–H groups in total. The van der Waals surface area contributed by atoms with E-state index in [1.54, 1.807) is 0 Å². The number of hydrogen-bond donors (Lipinski definition) is 0. The van der Waals surface area contributed by atoms with E-state index >= 15 is 0 Å². The van der Waals surface area contributed by atoms with E-state index in [9.17, 15) is 8.78 Å². The van der Waals surface area contributed by atoms with Gasteiger partial charge in [0.1, 0.15) is 12.4 Å². The average Bonchev–Trinajstić information content (AvgIpc) is 2.33. The Morgan fingerprint density at radius 3 is 2.29 bits per heavy atom. The average molecular weight is 346 g/mol. The quantitative estimate of drug-likeness (QED) is 0.759. The van der Waals surface area contributed by atoms with Crippen molar-refractivity contribution >= 4 is 22.6 Å². The van der Waals surface area contributed by atoms with Crippen molar-refractivity contribution in [2.45, 2.75) is 6.61 Å². The lowest BCUT2D eigenvalue weighted by Crippen LogP contribution is -1.97. The topological polar surface area (TPSA) is 9.23 Å². The summed E-state index contributed by atoms with van der Waals surface area (Å²) in [4.78, 5) is 0. The molecule has 0 saturated carbocycles. The molecule has 0 atom stereocenters.